The van der Waals surface area contributed by atoms with Gasteiger partial charge in [0.25, 0.3) is 0 Å². The van der Waals surface area contributed by atoms with Crippen LogP contribution in [0, 0.1) is 0 Å². The van der Waals surface area contributed by atoms with Gasteiger partial charge < -0.3 is 4.90 Å². The number of amidine groups is 1. The van der Waals surface area contributed by atoms with Gasteiger partial charge >= 0.3 is 0 Å². The highest BCUT2D eigenvalue weighted by Gasteiger charge is 2.34. The molecule has 2 aromatic rings. The average Bonchev–Trinajstić information content (AvgIpc) is 3.12. The van der Waals surface area contributed by atoms with E-state index >= 15 is 0 Å². The van der Waals surface area contributed by atoms with Crippen molar-refractivity contribution in [2.75, 3.05) is 6.54 Å². The van der Waals surface area contributed by atoms with E-state index in [0.29, 0.717) is 6.04 Å². The van der Waals surface area contributed by atoms with Gasteiger partial charge in [-0.25, -0.2) is 0 Å². The van der Waals surface area contributed by atoms with Crippen LogP contribution in [0.15, 0.2) is 71.1 Å². The molecule has 0 radical (unpaired) electrons. The average molecular weight is 292 g/mol. The van der Waals surface area contributed by atoms with Crippen LogP contribution in [0.3, 0.4) is 0 Å². The molecule has 2 aliphatic heterocycles. The van der Waals surface area contributed by atoms with Crippen molar-refractivity contribution >= 4 is 22.6 Å². The Kier molecular flexibility index (Phi) is 3.28. The van der Waals surface area contributed by atoms with Crippen LogP contribution >= 0.6 is 11.8 Å². The van der Waals surface area contributed by atoms with Crippen molar-refractivity contribution in [1.82, 2.24) is 4.90 Å². The molecule has 0 spiro atoms. The first-order chi connectivity index (χ1) is 10.4. The fraction of sp³-hybridized carbons (Fsp3) is 0.167. The number of benzene rings is 2. The molecule has 0 aliphatic carbocycles. The lowest BCUT2D eigenvalue weighted by molar-refractivity contribution is 0.462. The van der Waals surface area contributed by atoms with Gasteiger partial charge in [-0.15, -0.1) is 0 Å². The molecule has 0 unspecified atom stereocenters. The van der Waals surface area contributed by atoms with Crippen molar-refractivity contribution in [2.24, 2.45) is 4.99 Å². The lowest BCUT2D eigenvalue weighted by Crippen LogP contribution is -2.33. The first kappa shape index (κ1) is 12.7. The Morgan fingerprint density at radius 3 is 2.48 bits per heavy atom. The van der Waals surface area contributed by atoms with Crippen LogP contribution in [-0.4, -0.2) is 22.7 Å². The van der Waals surface area contributed by atoms with E-state index in [4.69, 9.17) is 4.99 Å². The molecular weight excluding hydrogens is 276 g/mol. The van der Waals surface area contributed by atoms with E-state index in [-0.39, 0.29) is 0 Å². The van der Waals surface area contributed by atoms with Crippen LogP contribution in [0.25, 0.3) is 5.70 Å². The third-order valence-corrected chi connectivity index (χ3v) is 4.81. The second-order valence-electron chi connectivity index (χ2n) is 5.32. The molecule has 0 amide bonds. The Bertz CT molecular complexity index is 692. The minimum atomic E-state index is 0.434. The van der Waals surface area contributed by atoms with Gasteiger partial charge in [-0.3, -0.25) is 4.99 Å². The molecule has 21 heavy (non-hydrogen) atoms. The van der Waals surface area contributed by atoms with Crippen molar-refractivity contribution < 1.29 is 0 Å². The molecule has 0 bridgehead atoms. The first-order valence-electron chi connectivity index (χ1n) is 7.22. The zero-order chi connectivity index (χ0) is 14.1. The molecule has 0 saturated carbocycles. The fourth-order valence-electron chi connectivity index (χ4n) is 2.91. The summed E-state index contributed by atoms with van der Waals surface area (Å²) in [6, 6.07) is 21.7. The SMILES string of the molecule is C1=C(c2ccccc2)N2C(=NC[C@@H]2Cc2ccccc2)S1. The Labute approximate surface area is 129 Å². The summed E-state index contributed by atoms with van der Waals surface area (Å²) in [5.41, 5.74) is 3.94. The molecule has 2 heterocycles. The zero-order valence-electron chi connectivity index (χ0n) is 11.6. The number of thioether (sulfide) groups is 1. The molecule has 0 N–H and O–H groups in total. The minimum Gasteiger partial charge on any atom is -0.315 e. The summed E-state index contributed by atoms with van der Waals surface area (Å²) in [6.45, 7) is 0.890. The van der Waals surface area contributed by atoms with Crippen LogP contribution < -0.4 is 0 Å². The highest BCUT2D eigenvalue weighted by Crippen LogP contribution is 2.38. The third kappa shape index (κ3) is 2.38. The summed E-state index contributed by atoms with van der Waals surface area (Å²) in [5.74, 6) is 0. The maximum Gasteiger partial charge on any atom is 0.168 e. The van der Waals surface area contributed by atoms with Gasteiger partial charge in [-0.2, -0.15) is 0 Å². The van der Waals surface area contributed by atoms with Gasteiger partial charge in [-0.05, 0) is 17.5 Å². The van der Waals surface area contributed by atoms with Gasteiger partial charge in [0.1, 0.15) is 0 Å². The molecule has 2 aromatic carbocycles. The minimum absolute atomic E-state index is 0.434. The molecule has 2 nitrogen and oxygen atoms in total. The van der Waals surface area contributed by atoms with E-state index in [0.717, 1.165) is 18.1 Å². The van der Waals surface area contributed by atoms with Crippen LogP contribution in [0.2, 0.25) is 0 Å². The highest BCUT2D eigenvalue weighted by molar-refractivity contribution is 8.16. The van der Waals surface area contributed by atoms with Crippen molar-refractivity contribution in [3.05, 3.63) is 77.2 Å². The van der Waals surface area contributed by atoms with Crippen molar-refractivity contribution in [3.8, 4) is 0 Å². The zero-order valence-corrected chi connectivity index (χ0v) is 12.5. The topological polar surface area (TPSA) is 15.6 Å². The standard InChI is InChI=1S/C18H16N2S/c1-3-7-14(8-4-1)11-16-12-19-18-20(16)17(13-21-18)15-9-5-2-6-10-15/h1-10,13,16H,11-12H2/t16-/m0/s1. The van der Waals surface area contributed by atoms with Gasteiger partial charge in [0, 0.05) is 5.41 Å². The quantitative estimate of drug-likeness (QED) is 0.849. The summed E-state index contributed by atoms with van der Waals surface area (Å²) in [5, 5.41) is 3.38. The van der Waals surface area contributed by atoms with Crippen LogP contribution in [0.5, 0.6) is 0 Å². The van der Waals surface area contributed by atoms with Gasteiger partial charge in [0.2, 0.25) is 0 Å². The van der Waals surface area contributed by atoms with Gasteiger partial charge in [0.05, 0.1) is 18.3 Å². The van der Waals surface area contributed by atoms with Gasteiger partial charge in [-0.1, -0.05) is 72.4 Å². The number of hydrogen-bond donors (Lipinski definition) is 0. The lowest BCUT2D eigenvalue weighted by Gasteiger charge is -2.26. The molecular formula is C18H16N2S. The number of rotatable bonds is 3. The summed E-state index contributed by atoms with van der Waals surface area (Å²) < 4.78 is 0. The molecule has 3 heteroatoms. The van der Waals surface area contributed by atoms with E-state index in [2.05, 4.69) is 71.0 Å². The van der Waals surface area contributed by atoms with E-state index in [1.54, 1.807) is 11.8 Å². The van der Waals surface area contributed by atoms with Crippen LogP contribution in [0.4, 0.5) is 0 Å². The Morgan fingerprint density at radius 2 is 1.71 bits per heavy atom. The Morgan fingerprint density at radius 1 is 1.00 bits per heavy atom. The van der Waals surface area contributed by atoms with Crippen molar-refractivity contribution in [1.29, 1.82) is 0 Å². The summed E-state index contributed by atoms with van der Waals surface area (Å²) in [6.07, 6.45) is 1.04. The molecule has 2 aliphatic rings. The molecule has 104 valence electrons. The first-order valence-corrected chi connectivity index (χ1v) is 8.09. The van der Waals surface area contributed by atoms with Gasteiger partial charge in [0.15, 0.2) is 5.17 Å². The fourth-order valence-corrected chi connectivity index (χ4v) is 3.89. The molecule has 0 fully saturated rings. The second-order valence-corrected chi connectivity index (χ2v) is 6.16. The number of fused-ring (bicyclic) bond motifs is 1. The largest absolute Gasteiger partial charge is 0.315 e. The summed E-state index contributed by atoms with van der Waals surface area (Å²) in [4.78, 5) is 7.11. The van der Waals surface area contributed by atoms with Crippen LogP contribution in [0.1, 0.15) is 11.1 Å². The van der Waals surface area contributed by atoms with E-state index < -0.39 is 0 Å². The van der Waals surface area contributed by atoms with Crippen molar-refractivity contribution in [3.63, 3.8) is 0 Å². The summed E-state index contributed by atoms with van der Waals surface area (Å²) in [7, 11) is 0. The van der Waals surface area contributed by atoms with E-state index in [1.165, 1.54) is 16.8 Å². The maximum atomic E-state index is 4.70. The van der Waals surface area contributed by atoms with Crippen molar-refractivity contribution in [2.45, 2.75) is 12.5 Å². The Hall–Kier alpha value is -2.00. The van der Waals surface area contributed by atoms with Crippen LogP contribution in [-0.2, 0) is 6.42 Å². The molecule has 0 aromatic heterocycles. The number of nitrogens with zero attached hydrogens (tertiary/aromatic N) is 2. The predicted molar refractivity (Wildman–Crippen MR) is 90.1 cm³/mol. The number of hydrogen-bond acceptors (Lipinski definition) is 3. The third-order valence-electron chi connectivity index (χ3n) is 3.93. The molecule has 1 atom stereocenters. The highest BCUT2D eigenvalue weighted by atomic mass is 32.2. The molecule has 4 rings (SSSR count). The number of aliphatic imine (C=N–C) groups is 1. The smallest absolute Gasteiger partial charge is 0.168 e. The summed E-state index contributed by atoms with van der Waals surface area (Å²) >= 11 is 1.74. The Balaban J connectivity index is 1.60. The van der Waals surface area contributed by atoms with E-state index in [1.807, 2.05) is 0 Å². The van der Waals surface area contributed by atoms with E-state index in [9.17, 15) is 0 Å². The lowest BCUT2D eigenvalue weighted by atomic mass is 10.0. The normalized spacial score (nSPS) is 20.2. The maximum absolute atomic E-state index is 4.70. The predicted octanol–water partition coefficient (Wildman–Crippen LogP) is 4.01. The second kappa shape index (κ2) is 5.41. The monoisotopic (exact) mass is 292 g/mol. The molecule has 0 saturated heterocycles.